The summed E-state index contributed by atoms with van der Waals surface area (Å²) in [6.07, 6.45) is 4.90. The Bertz CT molecular complexity index is 874. The summed E-state index contributed by atoms with van der Waals surface area (Å²) in [6, 6.07) is -3.96. The number of aliphatic hydroxyl groups excluding tert-OH is 1. The lowest BCUT2D eigenvalue weighted by molar-refractivity contribution is -0.146. The Labute approximate surface area is 244 Å². The zero-order valence-corrected chi connectivity index (χ0v) is 25.8. The fourth-order valence-corrected chi connectivity index (χ4v) is 4.94. The Hall–Kier alpha value is -2.73. The molecule has 12 nitrogen and oxygen atoms in total. The predicted octanol–water partition coefficient (Wildman–Crippen LogP) is 0.889. The summed E-state index contributed by atoms with van der Waals surface area (Å²) >= 11 is 0. The van der Waals surface area contributed by atoms with E-state index in [4.69, 9.17) is 10.5 Å². The zero-order valence-electron chi connectivity index (χ0n) is 25.8. The van der Waals surface area contributed by atoms with Crippen LogP contribution in [0.5, 0.6) is 0 Å². The lowest BCUT2D eigenvalue weighted by atomic mass is 9.83. The lowest BCUT2D eigenvalue weighted by Gasteiger charge is -2.31. The zero-order chi connectivity index (χ0) is 31.3. The molecule has 6 atom stereocenters. The number of nitrogens with two attached hydrogens (primary N) is 1. The molecule has 12 heteroatoms. The molecule has 0 heterocycles. The highest BCUT2D eigenvalue weighted by Gasteiger charge is 2.32. The van der Waals surface area contributed by atoms with E-state index in [1.54, 1.807) is 34.6 Å². The molecule has 0 unspecified atom stereocenters. The molecule has 0 aromatic rings. The van der Waals surface area contributed by atoms with E-state index in [2.05, 4.69) is 21.3 Å². The van der Waals surface area contributed by atoms with Crippen LogP contribution in [-0.2, 0) is 28.7 Å². The topological polar surface area (TPSA) is 189 Å². The highest BCUT2D eigenvalue weighted by Crippen LogP contribution is 2.28. The van der Waals surface area contributed by atoms with Crippen LogP contribution in [0, 0.1) is 17.8 Å². The number of carbonyl (C=O) groups is 5. The van der Waals surface area contributed by atoms with Crippen molar-refractivity contribution in [2.45, 2.75) is 129 Å². The summed E-state index contributed by atoms with van der Waals surface area (Å²) in [7, 11) is 1.25. The van der Waals surface area contributed by atoms with Crippen LogP contribution in [-0.4, -0.2) is 78.1 Å². The van der Waals surface area contributed by atoms with Gasteiger partial charge in [-0.15, -0.1) is 0 Å². The fraction of sp³-hybridized carbons (Fsp3) is 0.828. The molecular weight excluding hydrogens is 530 g/mol. The molecule has 0 aromatic carbocycles. The van der Waals surface area contributed by atoms with Crippen LogP contribution in [0.2, 0.25) is 0 Å². The normalized spacial score (nSPS) is 18.4. The van der Waals surface area contributed by atoms with Gasteiger partial charge in [-0.05, 0) is 44.4 Å². The van der Waals surface area contributed by atoms with Crippen LogP contribution in [0.4, 0.5) is 0 Å². The van der Waals surface area contributed by atoms with E-state index in [9.17, 15) is 29.1 Å². The van der Waals surface area contributed by atoms with Gasteiger partial charge in [0.2, 0.25) is 23.6 Å². The largest absolute Gasteiger partial charge is 0.467 e. The summed E-state index contributed by atoms with van der Waals surface area (Å²) in [4.78, 5) is 62.7. The van der Waals surface area contributed by atoms with Gasteiger partial charge >= 0.3 is 5.97 Å². The molecule has 7 N–H and O–H groups in total. The predicted molar refractivity (Wildman–Crippen MR) is 155 cm³/mol. The van der Waals surface area contributed by atoms with Crippen molar-refractivity contribution in [3.8, 4) is 0 Å². The summed E-state index contributed by atoms with van der Waals surface area (Å²) in [5.74, 6) is -2.53. The smallest absolute Gasteiger partial charge is 0.328 e. The molecule has 236 valence electrons. The van der Waals surface area contributed by atoms with Crippen molar-refractivity contribution < 1.29 is 33.8 Å². The van der Waals surface area contributed by atoms with Crippen molar-refractivity contribution in [3.63, 3.8) is 0 Å². The standard InChI is InChI=1S/C29H53N5O7/c1-16(2)24(28(39)34-25(17(3)4)29(40)41-7)33-23(36)14-13-22(35)21(15-20-11-9-8-10-12-20)32-27(38)19(6)31-26(37)18(5)30/h16-22,24-25,35H,8-15,30H2,1-7H3,(H,31,37)(H,32,38)(H,33,36)(H,34,39)/t18-,19-,21-,22-,24-,25-/m0/s1. The minimum absolute atomic E-state index is 0.0628. The Morgan fingerprint density at radius 1 is 0.805 bits per heavy atom. The number of hydrogen-bond acceptors (Lipinski definition) is 8. The van der Waals surface area contributed by atoms with Gasteiger partial charge in [-0.3, -0.25) is 19.2 Å². The third-order valence-electron chi connectivity index (χ3n) is 7.62. The number of rotatable bonds is 16. The molecule has 4 amide bonds. The Kier molecular flexibility index (Phi) is 15.9. The first kappa shape index (κ1) is 36.3. The number of ether oxygens (including phenoxy) is 1. The van der Waals surface area contributed by atoms with Crippen LogP contribution in [0.15, 0.2) is 0 Å². The second-order valence-corrected chi connectivity index (χ2v) is 12.0. The summed E-state index contributed by atoms with van der Waals surface area (Å²) in [6.45, 7) is 10.2. The maximum absolute atomic E-state index is 13.0. The monoisotopic (exact) mass is 583 g/mol. The van der Waals surface area contributed by atoms with E-state index in [1.807, 2.05) is 0 Å². The Morgan fingerprint density at radius 2 is 1.39 bits per heavy atom. The molecule has 1 saturated carbocycles. The summed E-state index contributed by atoms with van der Waals surface area (Å²) in [5.41, 5.74) is 5.59. The lowest BCUT2D eigenvalue weighted by Crippen LogP contribution is -2.55. The number of methoxy groups -OCH3 is 1. The molecule has 1 fully saturated rings. The molecular formula is C29H53N5O7. The first-order valence-electron chi connectivity index (χ1n) is 14.9. The van der Waals surface area contributed by atoms with Crippen LogP contribution in [0.3, 0.4) is 0 Å². The van der Waals surface area contributed by atoms with Crippen LogP contribution >= 0.6 is 0 Å². The van der Waals surface area contributed by atoms with Gasteiger partial charge < -0.3 is 36.8 Å². The van der Waals surface area contributed by atoms with E-state index in [0.29, 0.717) is 12.3 Å². The van der Waals surface area contributed by atoms with E-state index in [0.717, 1.165) is 25.7 Å². The van der Waals surface area contributed by atoms with Gasteiger partial charge in [0, 0.05) is 6.42 Å². The van der Waals surface area contributed by atoms with Gasteiger partial charge in [0.15, 0.2) is 0 Å². The van der Waals surface area contributed by atoms with Gasteiger partial charge in [0.25, 0.3) is 0 Å². The second kappa shape index (κ2) is 17.9. The van der Waals surface area contributed by atoms with Crippen molar-refractivity contribution in [1.82, 2.24) is 21.3 Å². The van der Waals surface area contributed by atoms with Crippen LogP contribution in [0.1, 0.15) is 92.9 Å². The van der Waals surface area contributed by atoms with Crippen molar-refractivity contribution in [2.24, 2.45) is 23.5 Å². The van der Waals surface area contributed by atoms with Gasteiger partial charge in [-0.2, -0.15) is 0 Å². The van der Waals surface area contributed by atoms with Crippen molar-refractivity contribution in [2.75, 3.05) is 7.11 Å². The van der Waals surface area contributed by atoms with Gasteiger partial charge in [0.1, 0.15) is 18.1 Å². The third-order valence-corrected chi connectivity index (χ3v) is 7.62. The molecule has 0 radical (unpaired) electrons. The van der Waals surface area contributed by atoms with Crippen LogP contribution < -0.4 is 27.0 Å². The SMILES string of the molecule is COC(=O)[C@@H](NC(=O)[C@@H](NC(=O)CC[C@H](O)[C@H](CC1CCCCC1)NC(=O)[C@H](C)NC(=O)[C@H](C)N)C(C)C)C(C)C. The first-order valence-corrected chi connectivity index (χ1v) is 14.9. The Morgan fingerprint density at radius 3 is 1.90 bits per heavy atom. The van der Waals surface area contributed by atoms with E-state index in [-0.39, 0.29) is 24.7 Å². The van der Waals surface area contributed by atoms with Crippen molar-refractivity contribution in [1.29, 1.82) is 0 Å². The fourth-order valence-electron chi connectivity index (χ4n) is 4.94. The van der Waals surface area contributed by atoms with Gasteiger partial charge in [-0.1, -0.05) is 59.8 Å². The highest BCUT2D eigenvalue weighted by atomic mass is 16.5. The average Bonchev–Trinajstić information content (AvgIpc) is 2.92. The molecule has 1 rings (SSSR count). The van der Waals surface area contributed by atoms with E-state index >= 15 is 0 Å². The molecule has 0 saturated heterocycles. The van der Waals surface area contributed by atoms with Crippen LogP contribution in [0.25, 0.3) is 0 Å². The quantitative estimate of drug-likeness (QED) is 0.144. The molecule has 1 aliphatic rings. The Balaban J connectivity index is 2.85. The first-order chi connectivity index (χ1) is 19.2. The molecule has 0 bridgehead atoms. The number of hydrogen-bond donors (Lipinski definition) is 6. The average molecular weight is 584 g/mol. The molecule has 0 spiro atoms. The number of aliphatic hydroxyl groups is 1. The molecule has 0 aliphatic heterocycles. The third kappa shape index (κ3) is 12.8. The summed E-state index contributed by atoms with van der Waals surface area (Å²) in [5, 5.41) is 21.9. The van der Waals surface area contributed by atoms with E-state index in [1.165, 1.54) is 20.5 Å². The molecule has 1 aliphatic carbocycles. The van der Waals surface area contributed by atoms with Gasteiger partial charge in [0.05, 0.1) is 25.3 Å². The maximum atomic E-state index is 13.0. The van der Waals surface area contributed by atoms with E-state index < -0.39 is 65.9 Å². The minimum atomic E-state index is -1.01. The summed E-state index contributed by atoms with van der Waals surface area (Å²) < 4.78 is 4.78. The van der Waals surface area contributed by atoms with Crippen molar-refractivity contribution >= 4 is 29.6 Å². The number of carbonyl (C=O) groups excluding carboxylic acids is 5. The second-order valence-electron chi connectivity index (χ2n) is 12.0. The van der Waals surface area contributed by atoms with Crippen molar-refractivity contribution in [3.05, 3.63) is 0 Å². The maximum Gasteiger partial charge on any atom is 0.328 e. The molecule has 0 aromatic heterocycles. The molecule has 41 heavy (non-hydrogen) atoms. The highest BCUT2D eigenvalue weighted by molar-refractivity contribution is 5.91. The minimum Gasteiger partial charge on any atom is -0.467 e. The number of esters is 1. The number of amides is 4. The number of nitrogens with one attached hydrogen (secondary N) is 4. The van der Waals surface area contributed by atoms with Gasteiger partial charge in [-0.25, -0.2) is 4.79 Å².